The first-order valence-electron chi connectivity index (χ1n) is 10.6. The van der Waals surface area contributed by atoms with Crippen molar-refractivity contribution in [2.75, 3.05) is 6.61 Å². The van der Waals surface area contributed by atoms with E-state index in [0.717, 1.165) is 51.4 Å². The van der Waals surface area contributed by atoms with E-state index in [-0.39, 0.29) is 0 Å². The maximum atomic E-state index is 11.2. The van der Waals surface area contributed by atoms with Gasteiger partial charge in [-0.1, -0.05) is 81.2 Å². The van der Waals surface area contributed by atoms with Crippen molar-refractivity contribution in [2.45, 2.75) is 84.0 Å². The molecule has 0 aliphatic rings. The third-order valence-electron chi connectivity index (χ3n) is 4.08. The van der Waals surface area contributed by atoms with Crippen LogP contribution in [-0.2, 0) is 14.3 Å². The van der Waals surface area contributed by atoms with Crippen LogP contribution < -0.4 is 0 Å². The van der Waals surface area contributed by atoms with E-state index in [9.17, 15) is 9.59 Å². The van der Waals surface area contributed by atoms with Gasteiger partial charge in [-0.15, -0.1) is 0 Å². The molecule has 0 amide bonds. The average Bonchev–Trinajstić information content (AvgIpc) is 2.68. The topological polar surface area (TPSA) is 63.6 Å². The van der Waals surface area contributed by atoms with E-state index in [4.69, 9.17) is 5.11 Å². The van der Waals surface area contributed by atoms with Gasteiger partial charge in [0.1, 0.15) is 0 Å². The van der Waals surface area contributed by atoms with Gasteiger partial charge in [-0.2, -0.15) is 0 Å². The monoisotopic (exact) mass is 390 g/mol. The van der Waals surface area contributed by atoms with Gasteiger partial charge in [-0.3, -0.25) is 4.79 Å². The van der Waals surface area contributed by atoms with E-state index in [1.165, 1.54) is 19.3 Å². The molecule has 158 valence electrons. The minimum atomic E-state index is -1.11. The second-order valence-electron chi connectivity index (χ2n) is 6.72. The molecule has 28 heavy (non-hydrogen) atoms. The van der Waals surface area contributed by atoms with Crippen molar-refractivity contribution in [1.82, 2.24) is 0 Å². The van der Waals surface area contributed by atoms with Crippen LogP contribution in [0.3, 0.4) is 0 Å². The fraction of sp³-hybridized carbons (Fsp3) is 0.583. The molecule has 0 aliphatic carbocycles. The zero-order valence-electron chi connectivity index (χ0n) is 17.5. The molecule has 0 aromatic heterocycles. The molecule has 1 N–H and O–H groups in total. The van der Waals surface area contributed by atoms with Crippen molar-refractivity contribution in [3.8, 4) is 0 Å². The minimum Gasteiger partial charge on any atom is -0.479 e. The first kappa shape index (κ1) is 25.9. The van der Waals surface area contributed by atoms with Crippen molar-refractivity contribution in [2.24, 2.45) is 0 Å². The molecule has 0 aromatic carbocycles. The van der Waals surface area contributed by atoms with E-state index in [2.05, 4.69) is 60.3 Å². The number of hydrogen-bond acceptors (Lipinski definition) is 3. The molecule has 0 rings (SSSR count). The summed E-state index contributed by atoms with van der Waals surface area (Å²) in [6.07, 6.45) is 29.8. The number of carbonyl (C=O) groups is 2. The molecule has 0 fully saturated rings. The van der Waals surface area contributed by atoms with Gasteiger partial charge in [0.25, 0.3) is 0 Å². The quantitative estimate of drug-likeness (QED) is 0.164. The Balaban J connectivity index is 3.35. The number of allylic oxidation sites excluding steroid dienone is 8. The van der Waals surface area contributed by atoms with E-state index in [0.29, 0.717) is 6.42 Å². The standard InChI is InChI=1S/C24H38O4/c1-2-3-4-5-6-7-8-9-10-11-12-13-14-15-16-17-18-19-20-21-24(27)28-22-23(25)26/h3-4,6-7,9-10,12-13H,2,5,8,11,14-22H2,1H3,(H,25,26)/b4-3-,7-6-,10-9-,13-12-. The Labute approximate surface area is 171 Å². The highest BCUT2D eigenvalue weighted by atomic mass is 16.5. The van der Waals surface area contributed by atoms with Crippen LogP contribution >= 0.6 is 0 Å². The van der Waals surface area contributed by atoms with Crippen LogP contribution in [-0.4, -0.2) is 23.7 Å². The lowest BCUT2D eigenvalue weighted by Gasteiger charge is -2.02. The summed E-state index contributed by atoms with van der Waals surface area (Å²) < 4.78 is 4.58. The Bertz CT molecular complexity index is 501. The fourth-order valence-corrected chi connectivity index (χ4v) is 2.55. The first-order valence-corrected chi connectivity index (χ1v) is 10.6. The van der Waals surface area contributed by atoms with Crippen LogP contribution in [0.5, 0.6) is 0 Å². The highest BCUT2D eigenvalue weighted by Gasteiger charge is 2.05. The van der Waals surface area contributed by atoms with Gasteiger partial charge < -0.3 is 9.84 Å². The number of aliphatic carboxylic acids is 1. The molecule has 0 atom stereocenters. The highest BCUT2D eigenvalue weighted by Crippen LogP contribution is 2.09. The number of carboxylic acids is 1. The molecule has 0 aromatic rings. The van der Waals surface area contributed by atoms with Crippen molar-refractivity contribution in [3.05, 3.63) is 48.6 Å². The summed E-state index contributed by atoms with van der Waals surface area (Å²) >= 11 is 0. The summed E-state index contributed by atoms with van der Waals surface area (Å²) in [5.41, 5.74) is 0. The number of carboxylic acid groups (broad SMARTS) is 1. The summed E-state index contributed by atoms with van der Waals surface area (Å²) in [7, 11) is 0. The molecule has 4 nitrogen and oxygen atoms in total. The molecule has 0 unspecified atom stereocenters. The van der Waals surface area contributed by atoms with Gasteiger partial charge in [0.2, 0.25) is 0 Å². The molecule has 0 bridgehead atoms. The van der Waals surface area contributed by atoms with E-state index >= 15 is 0 Å². The molecule has 0 heterocycles. The number of hydrogen-bond donors (Lipinski definition) is 1. The Kier molecular flexibility index (Phi) is 19.6. The number of rotatable bonds is 18. The Morgan fingerprint density at radius 1 is 0.714 bits per heavy atom. The summed E-state index contributed by atoms with van der Waals surface area (Å²) in [6, 6.07) is 0. The Morgan fingerprint density at radius 3 is 1.79 bits per heavy atom. The van der Waals surface area contributed by atoms with Crippen LogP contribution in [0.25, 0.3) is 0 Å². The molecule has 0 spiro atoms. The van der Waals surface area contributed by atoms with Crippen molar-refractivity contribution < 1.29 is 19.4 Å². The third kappa shape index (κ3) is 21.9. The van der Waals surface area contributed by atoms with Gasteiger partial charge in [-0.05, 0) is 44.9 Å². The molecule has 0 radical (unpaired) electrons. The number of ether oxygens (including phenoxy) is 1. The van der Waals surface area contributed by atoms with Crippen molar-refractivity contribution in [3.63, 3.8) is 0 Å². The Morgan fingerprint density at radius 2 is 1.21 bits per heavy atom. The van der Waals surface area contributed by atoms with Gasteiger partial charge in [0, 0.05) is 6.42 Å². The average molecular weight is 391 g/mol. The maximum Gasteiger partial charge on any atom is 0.341 e. The highest BCUT2D eigenvalue weighted by molar-refractivity contribution is 5.75. The van der Waals surface area contributed by atoms with Crippen molar-refractivity contribution >= 4 is 11.9 Å². The third-order valence-corrected chi connectivity index (χ3v) is 4.08. The molecular formula is C24H38O4. The number of esters is 1. The molecule has 4 heteroatoms. The smallest absolute Gasteiger partial charge is 0.341 e. The van der Waals surface area contributed by atoms with Crippen LogP contribution in [0, 0.1) is 0 Å². The second-order valence-corrected chi connectivity index (χ2v) is 6.72. The molecule has 0 saturated carbocycles. The predicted molar refractivity (Wildman–Crippen MR) is 116 cm³/mol. The van der Waals surface area contributed by atoms with Gasteiger partial charge in [-0.25, -0.2) is 4.79 Å². The maximum absolute atomic E-state index is 11.2. The van der Waals surface area contributed by atoms with Crippen LogP contribution in [0.1, 0.15) is 84.0 Å². The predicted octanol–water partition coefficient (Wildman–Crippen LogP) is 6.54. The summed E-state index contributed by atoms with van der Waals surface area (Å²) in [6.45, 7) is 1.62. The van der Waals surface area contributed by atoms with Crippen LogP contribution in [0.15, 0.2) is 48.6 Å². The lowest BCUT2D eigenvalue weighted by atomic mass is 10.1. The normalized spacial score (nSPS) is 12.0. The SMILES string of the molecule is CC/C=C\C/C=C\C/C=C\C/C=C\CCCCCCCCC(=O)OCC(=O)O. The number of carbonyl (C=O) groups excluding carboxylic acids is 1. The zero-order valence-corrected chi connectivity index (χ0v) is 17.5. The van der Waals surface area contributed by atoms with Crippen molar-refractivity contribution in [1.29, 1.82) is 0 Å². The molecular weight excluding hydrogens is 352 g/mol. The number of unbranched alkanes of at least 4 members (excludes halogenated alkanes) is 6. The Hall–Kier alpha value is -2.10. The lowest BCUT2D eigenvalue weighted by Crippen LogP contribution is -2.12. The van der Waals surface area contributed by atoms with Crippen LogP contribution in [0.4, 0.5) is 0 Å². The first-order chi connectivity index (χ1) is 13.7. The van der Waals surface area contributed by atoms with E-state index < -0.39 is 18.5 Å². The second kappa shape index (κ2) is 21.2. The summed E-state index contributed by atoms with van der Waals surface area (Å²) in [4.78, 5) is 21.5. The fourth-order valence-electron chi connectivity index (χ4n) is 2.55. The largest absolute Gasteiger partial charge is 0.479 e. The van der Waals surface area contributed by atoms with Crippen LogP contribution in [0.2, 0.25) is 0 Å². The molecule has 0 aliphatic heterocycles. The summed E-state index contributed by atoms with van der Waals surface area (Å²) in [5, 5.41) is 8.41. The summed E-state index contributed by atoms with van der Waals surface area (Å²) in [5.74, 6) is -1.52. The van der Waals surface area contributed by atoms with Gasteiger partial charge in [0.05, 0.1) is 0 Å². The zero-order chi connectivity index (χ0) is 20.7. The minimum absolute atomic E-state index is 0.315. The van der Waals surface area contributed by atoms with E-state index in [1.807, 2.05) is 0 Å². The van der Waals surface area contributed by atoms with Gasteiger partial charge in [0.15, 0.2) is 6.61 Å². The lowest BCUT2D eigenvalue weighted by molar-refractivity contribution is -0.155. The molecule has 0 saturated heterocycles. The van der Waals surface area contributed by atoms with Gasteiger partial charge >= 0.3 is 11.9 Å². The van der Waals surface area contributed by atoms with E-state index in [1.54, 1.807) is 0 Å².